The maximum absolute atomic E-state index is 11.8. The fourth-order valence-electron chi connectivity index (χ4n) is 2.96. The van der Waals surface area contributed by atoms with Crippen LogP contribution in [-0.2, 0) is 16.6 Å². The van der Waals surface area contributed by atoms with Gasteiger partial charge in [0.05, 0.1) is 0 Å². The largest absolute Gasteiger partial charge is 0.478 e. The van der Waals surface area contributed by atoms with Crippen LogP contribution in [0.1, 0.15) is 31.9 Å². The summed E-state index contributed by atoms with van der Waals surface area (Å²) >= 11 is 0. The molecule has 0 aliphatic heterocycles. The lowest BCUT2D eigenvalue weighted by molar-refractivity contribution is -0.145. The minimum Gasteiger partial charge on any atom is -0.478 e. The summed E-state index contributed by atoms with van der Waals surface area (Å²) in [7, 11) is 0. The molecule has 3 aromatic rings. The molecule has 0 aliphatic carbocycles. The molecule has 0 saturated heterocycles. The second kappa shape index (κ2) is 8.82. The minimum absolute atomic E-state index is 0.0262. The Hall–Kier alpha value is -3.27. The van der Waals surface area contributed by atoms with Gasteiger partial charge in [-0.25, -0.2) is 4.79 Å². The summed E-state index contributed by atoms with van der Waals surface area (Å²) in [5, 5.41) is 9.69. The van der Waals surface area contributed by atoms with Gasteiger partial charge in [0.15, 0.2) is 6.10 Å². The van der Waals surface area contributed by atoms with Crippen LogP contribution < -0.4 is 9.47 Å². The quantitative estimate of drug-likeness (QED) is 0.550. The van der Waals surface area contributed by atoms with E-state index >= 15 is 0 Å². The first-order valence-electron chi connectivity index (χ1n) is 9.64. The van der Waals surface area contributed by atoms with Gasteiger partial charge in [-0.3, -0.25) is 0 Å². The fraction of sp³-hybridized carbons (Fsp3) is 0.240. The summed E-state index contributed by atoms with van der Waals surface area (Å²) in [6.07, 6.45) is -0.824. The number of hydrogen-bond acceptors (Lipinski definition) is 3. The molecule has 0 unspecified atom stereocenters. The lowest BCUT2D eigenvalue weighted by Crippen LogP contribution is -2.29. The first-order valence-corrected chi connectivity index (χ1v) is 9.64. The van der Waals surface area contributed by atoms with E-state index in [4.69, 9.17) is 9.47 Å². The van der Waals surface area contributed by atoms with Crippen molar-refractivity contribution in [2.75, 3.05) is 0 Å². The monoisotopic (exact) mass is 390 g/mol. The van der Waals surface area contributed by atoms with Crippen molar-refractivity contribution in [1.82, 2.24) is 0 Å². The first-order chi connectivity index (χ1) is 13.8. The number of para-hydroxylation sites is 2. The van der Waals surface area contributed by atoms with Crippen LogP contribution in [0.25, 0.3) is 0 Å². The number of ether oxygens (including phenoxy) is 2. The number of carbonyl (C=O) groups is 1. The molecule has 0 spiro atoms. The average molecular weight is 390 g/mol. The Morgan fingerprint density at radius 1 is 0.862 bits per heavy atom. The van der Waals surface area contributed by atoms with Gasteiger partial charge in [0.2, 0.25) is 0 Å². The maximum atomic E-state index is 11.8. The molecule has 3 aromatic carbocycles. The van der Waals surface area contributed by atoms with E-state index in [0.717, 1.165) is 5.56 Å². The van der Waals surface area contributed by atoms with Crippen LogP contribution in [0.15, 0.2) is 78.9 Å². The van der Waals surface area contributed by atoms with Crippen molar-refractivity contribution >= 4 is 5.97 Å². The van der Waals surface area contributed by atoms with E-state index in [2.05, 4.69) is 20.8 Å². The van der Waals surface area contributed by atoms with Crippen LogP contribution in [-0.4, -0.2) is 17.2 Å². The van der Waals surface area contributed by atoms with E-state index < -0.39 is 12.1 Å². The van der Waals surface area contributed by atoms with Crippen molar-refractivity contribution in [3.8, 4) is 17.2 Å². The summed E-state index contributed by atoms with van der Waals surface area (Å²) in [6, 6.07) is 24.4. The zero-order chi connectivity index (χ0) is 20.9. The third-order valence-corrected chi connectivity index (χ3v) is 4.62. The molecule has 0 aromatic heterocycles. The number of carboxylic acid groups (broad SMARTS) is 1. The summed E-state index contributed by atoms with van der Waals surface area (Å²) < 4.78 is 11.7. The smallest absolute Gasteiger partial charge is 0.345 e. The molecule has 0 fully saturated rings. The molecule has 150 valence electrons. The standard InChI is InChI=1S/C25H26O4/c1-25(2,3)19-13-15-21(16-14-19)29-23(24(26)27)17-18-9-7-8-12-22(18)28-20-10-5-4-6-11-20/h4-16,23H,17H2,1-3H3,(H,26,27)/t23-/m0/s1. The fourth-order valence-corrected chi connectivity index (χ4v) is 2.96. The molecule has 4 nitrogen and oxygen atoms in total. The third kappa shape index (κ3) is 5.61. The molecule has 0 bridgehead atoms. The average Bonchev–Trinajstić information content (AvgIpc) is 2.69. The van der Waals surface area contributed by atoms with Gasteiger partial charge in [0.25, 0.3) is 0 Å². The number of aliphatic carboxylic acids is 1. The Bertz CT molecular complexity index is 941. The lowest BCUT2D eigenvalue weighted by atomic mass is 9.87. The number of carboxylic acids is 1. The topological polar surface area (TPSA) is 55.8 Å². The molecule has 0 saturated carbocycles. The second-order valence-corrected chi connectivity index (χ2v) is 7.95. The van der Waals surface area contributed by atoms with Crippen molar-refractivity contribution in [1.29, 1.82) is 0 Å². The van der Waals surface area contributed by atoms with Crippen LogP contribution in [0.4, 0.5) is 0 Å². The first kappa shape index (κ1) is 20.5. The van der Waals surface area contributed by atoms with Gasteiger partial charge in [-0.05, 0) is 46.9 Å². The molecular weight excluding hydrogens is 364 g/mol. The van der Waals surface area contributed by atoms with Gasteiger partial charge in [-0.2, -0.15) is 0 Å². The third-order valence-electron chi connectivity index (χ3n) is 4.62. The zero-order valence-electron chi connectivity index (χ0n) is 17.0. The summed E-state index contributed by atoms with van der Waals surface area (Å²) in [4.78, 5) is 11.8. The van der Waals surface area contributed by atoms with Crippen LogP contribution in [0, 0.1) is 0 Å². The maximum Gasteiger partial charge on any atom is 0.345 e. The van der Waals surface area contributed by atoms with E-state index in [0.29, 0.717) is 17.2 Å². The van der Waals surface area contributed by atoms with Crippen molar-refractivity contribution in [3.63, 3.8) is 0 Å². The highest BCUT2D eigenvalue weighted by Gasteiger charge is 2.22. The summed E-state index contributed by atoms with van der Waals surface area (Å²) in [5.74, 6) is 0.841. The number of benzene rings is 3. The van der Waals surface area contributed by atoms with E-state index in [1.165, 1.54) is 5.56 Å². The predicted molar refractivity (Wildman–Crippen MR) is 114 cm³/mol. The van der Waals surface area contributed by atoms with Crippen molar-refractivity contribution in [2.45, 2.75) is 38.7 Å². The Labute approximate surface area is 171 Å². The van der Waals surface area contributed by atoms with E-state index in [9.17, 15) is 9.90 Å². The van der Waals surface area contributed by atoms with Crippen molar-refractivity contribution < 1.29 is 19.4 Å². The molecule has 3 rings (SSSR count). The molecule has 0 amide bonds. The van der Waals surface area contributed by atoms with E-state index in [1.54, 1.807) is 0 Å². The SMILES string of the molecule is CC(C)(C)c1ccc(O[C@@H](Cc2ccccc2Oc2ccccc2)C(=O)O)cc1. The van der Waals surface area contributed by atoms with Gasteiger partial charge in [-0.1, -0.05) is 69.3 Å². The molecule has 0 heterocycles. The number of hydrogen-bond donors (Lipinski definition) is 1. The van der Waals surface area contributed by atoms with Gasteiger partial charge < -0.3 is 14.6 Å². The van der Waals surface area contributed by atoms with Crippen molar-refractivity contribution in [2.24, 2.45) is 0 Å². The molecule has 1 N–H and O–H groups in total. The molecular formula is C25H26O4. The Balaban J connectivity index is 1.77. The Kier molecular flexibility index (Phi) is 6.23. The van der Waals surface area contributed by atoms with Crippen LogP contribution >= 0.6 is 0 Å². The normalized spacial score (nSPS) is 12.2. The van der Waals surface area contributed by atoms with Gasteiger partial charge in [0.1, 0.15) is 17.2 Å². The van der Waals surface area contributed by atoms with E-state index in [-0.39, 0.29) is 11.8 Å². The molecule has 4 heteroatoms. The van der Waals surface area contributed by atoms with Crippen LogP contribution in [0.2, 0.25) is 0 Å². The Morgan fingerprint density at radius 3 is 2.10 bits per heavy atom. The molecule has 0 radical (unpaired) electrons. The lowest BCUT2D eigenvalue weighted by Gasteiger charge is -2.20. The van der Waals surface area contributed by atoms with Crippen molar-refractivity contribution in [3.05, 3.63) is 90.0 Å². The molecule has 29 heavy (non-hydrogen) atoms. The second-order valence-electron chi connectivity index (χ2n) is 7.95. The number of rotatable bonds is 7. The minimum atomic E-state index is -1.02. The van der Waals surface area contributed by atoms with E-state index in [1.807, 2.05) is 78.9 Å². The van der Waals surface area contributed by atoms with Gasteiger partial charge in [-0.15, -0.1) is 0 Å². The summed E-state index contributed by atoms with van der Waals surface area (Å²) in [5.41, 5.74) is 1.96. The molecule has 1 atom stereocenters. The van der Waals surface area contributed by atoms with Crippen LogP contribution in [0.5, 0.6) is 17.2 Å². The molecule has 0 aliphatic rings. The van der Waals surface area contributed by atoms with Gasteiger partial charge in [0, 0.05) is 6.42 Å². The highest BCUT2D eigenvalue weighted by molar-refractivity contribution is 5.73. The highest BCUT2D eigenvalue weighted by atomic mass is 16.5. The van der Waals surface area contributed by atoms with Gasteiger partial charge >= 0.3 is 5.97 Å². The predicted octanol–water partition coefficient (Wildman–Crippen LogP) is 5.85. The Morgan fingerprint density at radius 2 is 1.48 bits per heavy atom. The van der Waals surface area contributed by atoms with Crippen LogP contribution in [0.3, 0.4) is 0 Å². The highest BCUT2D eigenvalue weighted by Crippen LogP contribution is 2.28. The zero-order valence-corrected chi connectivity index (χ0v) is 17.0. The summed E-state index contributed by atoms with van der Waals surface area (Å²) in [6.45, 7) is 6.39.